The maximum Gasteiger partial charge on any atom is 0.270 e. The molecule has 134 valence electrons. The Balaban J connectivity index is 1.61. The zero-order valence-electron chi connectivity index (χ0n) is 14.5. The lowest BCUT2D eigenvalue weighted by Gasteiger charge is -2.20. The number of carbonyl (C=O) groups is 1. The Labute approximate surface area is 149 Å². The Morgan fingerprint density at radius 2 is 2.23 bits per heavy atom. The Bertz CT molecular complexity index is 1040. The highest BCUT2D eigenvalue weighted by Gasteiger charge is 2.33. The molecular formula is C18H19N5O3. The maximum absolute atomic E-state index is 12.7. The molecule has 8 heteroatoms. The Kier molecular flexibility index (Phi) is 4.04. The molecule has 1 saturated heterocycles. The molecule has 0 bridgehead atoms. The van der Waals surface area contributed by atoms with Gasteiger partial charge in [0.05, 0.1) is 11.7 Å². The summed E-state index contributed by atoms with van der Waals surface area (Å²) in [7, 11) is 1.83. The second-order valence-electron chi connectivity index (χ2n) is 6.45. The standard InChI is InChI=1S/C18H19N5O3/c1-11-4-7-23-15(9-11)19-10-12(18(23)25)17(24)21-13-5-8-26-16(13)14-3-6-20-22(14)2/h3-4,6-7,9-10,13,16H,5,8H2,1-2H3,(H,21,24)/t13-,16-/m0/s1. The summed E-state index contributed by atoms with van der Waals surface area (Å²) in [5.41, 5.74) is 2.03. The molecule has 1 aliphatic rings. The number of aromatic nitrogens is 4. The van der Waals surface area contributed by atoms with Crippen molar-refractivity contribution in [2.24, 2.45) is 7.05 Å². The smallest absolute Gasteiger partial charge is 0.270 e. The van der Waals surface area contributed by atoms with E-state index in [1.165, 1.54) is 10.6 Å². The molecule has 1 N–H and O–H groups in total. The minimum Gasteiger partial charge on any atom is -0.370 e. The average Bonchev–Trinajstić information content (AvgIpc) is 3.23. The first-order chi connectivity index (χ1) is 12.5. The summed E-state index contributed by atoms with van der Waals surface area (Å²) < 4.78 is 8.87. The van der Waals surface area contributed by atoms with Gasteiger partial charge < -0.3 is 10.1 Å². The first-order valence-electron chi connectivity index (χ1n) is 8.43. The number of nitrogens with one attached hydrogen (secondary N) is 1. The lowest BCUT2D eigenvalue weighted by Crippen LogP contribution is -2.40. The van der Waals surface area contributed by atoms with E-state index in [9.17, 15) is 9.59 Å². The third kappa shape index (κ3) is 2.78. The van der Waals surface area contributed by atoms with Crippen LogP contribution < -0.4 is 10.9 Å². The van der Waals surface area contributed by atoms with Gasteiger partial charge in [-0.15, -0.1) is 0 Å². The molecule has 0 unspecified atom stereocenters. The van der Waals surface area contributed by atoms with Crippen LogP contribution in [-0.2, 0) is 11.8 Å². The number of hydrogen-bond acceptors (Lipinski definition) is 5. The minimum atomic E-state index is -0.444. The van der Waals surface area contributed by atoms with Gasteiger partial charge in [-0.1, -0.05) is 0 Å². The van der Waals surface area contributed by atoms with Gasteiger partial charge in [-0.25, -0.2) is 4.98 Å². The molecule has 3 aromatic rings. The van der Waals surface area contributed by atoms with Gasteiger partial charge in [-0.3, -0.25) is 18.7 Å². The van der Waals surface area contributed by atoms with E-state index in [-0.39, 0.29) is 23.3 Å². The minimum absolute atomic E-state index is 0.0157. The molecular weight excluding hydrogens is 334 g/mol. The molecule has 0 spiro atoms. The van der Waals surface area contributed by atoms with Gasteiger partial charge in [-0.05, 0) is 37.1 Å². The molecule has 0 saturated carbocycles. The van der Waals surface area contributed by atoms with Gasteiger partial charge in [0.15, 0.2) is 0 Å². The number of nitrogens with zero attached hydrogens (tertiary/aromatic N) is 4. The summed E-state index contributed by atoms with van der Waals surface area (Å²) in [5.74, 6) is -0.444. The molecule has 4 rings (SSSR count). The number of hydrogen-bond donors (Lipinski definition) is 1. The van der Waals surface area contributed by atoms with E-state index in [2.05, 4.69) is 15.4 Å². The normalized spacial score (nSPS) is 19.8. The molecule has 2 atom stereocenters. The van der Waals surface area contributed by atoms with Crippen LogP contribution in [-0.4, -0.2) is 37.7 Å². The highest BCUT2D eigenvalue weighted by atomic mass is 16.5. The van der Waals surface area contributed by atoms with Gasteiger partial charge in [0.25, 0.3) is 11.5 Å². The summed E-state index contributed by atoms with van der Waals surface area (Å²) in [4.78, 5) is 29.6. The summed E-state index contributed by atoms with van der Waals surface area (Å²) in [5, 5.41) is 7.07. The summed E-state index contributed by atoms with van der Waals surface area (Å²) >= 11 is 0. The fourth-order valence-electron chi connectivity index (χ4n) is 3.27. The van der Waals surface area contributed by atoms with E-state index in [0.29, 0.717) is 18.7 Å². The van der Waals surface area contributed by atoms with E-state index < -0.39 is 5.91 Å². The van der Waals surface area contributed by atoms with Crippen molar-refractivity contribution in [3.8, 4) is 0 Å². The Morgan fingerprint density at radius 3 is 3.00 bits per heavy atom. The molecule has 3 aromatic heterocycles. The lowest BCUT2D eigenvalue weighted by atomic mass is 10.1. The van der Waals surface area contributed by atoms with Crippen LogP contribution in [0.2, 0.25) is 0 Å². The average molecular weight is 353 g/mol. The van der Waals surface area contributed by atoms with Crippen molar-refractivity contribution < 1.29 is 9.53 Å². The zero-order valence-corrected chi connectivity index (χ0v) is 14.5. The topological polar surface area (TPSA) is 90.5 Å². The molecule has 1 fully saturated rings. The van der Waals surface area contributed by atoms with Crippen molar-refractivity contribution in [3.63, 3.8) is 0 Å². The van der Waals surface area contributed by atoms with Crippen LogP contribution in [0.15, 0.2) is 41.6 Å². The first-order valence-corrected chi connectivity index (χ1v) is 8.43. The van der Waals surface area contributed by atoms with Crippen LogP contribution in [0.25, 0.3) is 5.65 Å². The Hall–Kier alpha value is -3.00. The van der Waals surface area contributed by atoms with E-state index in [0.717, 1.165) is 11.3 Å². The fraction of sp³-hybridized carbons (Fsp3) is 0.333. The molecule has 1 amide bonds. The Morgan fingerprint density at radius 1 is 1.38 bits per heavy atom. The molecule has 4 heterocycles. The van der Waals surface area contributed by atoms with Crippen molar-refractivity contribution in [3.05, 3.63) is 64.0 Å². The molecule has 0 radical (unpaired) electrons. The van der Waals surface area contributed by atoms with Crippen LogP contribution in [0.1, 0.15) is 34.1 Å². The highest BCUT2D eigenvalue weighted by Crippen LogP contribution is 2.28. The van der Waals surface area contributed by atoms with E-state index in [1.54, 1.807) is 29.2 Å². The maximum atomic E-state index is 12.7. The van der Waals surface area contributed by atoms with E-state index in [1.807, 2.05) is 20.0 Å². The monoisotopic (exact) mass is 353 g/mol. The SMILES string of the molecule is Cc1ccn2c(=O)c(C(=O)N[C@H]3CCO[C@@H]3c3ccnn3C)cnc2c1. The van der Waals surface area contributed by atoms with Gasteiger partial charge in [0.2, 0.25) is 0 Å². The highest BCUT2D eigenvalue weighted by molar-refractivity contribution is 5.94. The number of fused-ring (bicyclic) bond motifs is 1. The van der Waals surface area contributed by atoms with E-state index in [4.69, 9.17) is 4.74 Å². The number of amides is 1. The summed E-state index contributed by atoms with van der Waals surface area (Å²) in [6.07, 6.45) is 5.04. The van der Waals surface area contributed by atoms with Crippen molar-refractivity contribution >= 4 is 11.6 Å². The predicted molar refractivity (Wildman–Crippen MR) is 94.0 cm³/mol. The number of rotatable bonds is 3. The molecule has 0 aliphatic carbocycles. The molecule has 0 aromatic carbocycles. The van der Waals surface area contributed by atoms with Crippen molar-refractivity contribution in [2.75, 3.05) is 6.61 Å². The first kappa shape index (κ1) is 16.5. The van der Waals surface area contributed by atoms with Gasteiger partial charge >= 0.3 is 0 Å². The van der Waals surface area contributed by atoms with Crippen LogP contribution in [0.5, 0.6) is 0 Å². The van der Waals surface area contributed by atoms with Crippen LogP contribution >= 0.6 is 0 Å². The number of aryl methyl sites for hydroxylation is 2. The quantitative estimate of drug-likeness (QED) is 0.758. The van der Waals surface area contributed by atoms with Crippen molar-refractivity contribution in [1.29, 1.82) is 0 Å². The van der Waals surface area contributed by atoms with Crippen molar-refractivity contribution in [1.82, 2.24) is 24.5 Å². The van der Waals surface area contributed by atoms with Gasteiger partial charge in [-0.2, -0.15) is 5.10 Å². The molecule has 26 heavy (non-hydrogen) atoms. The van der Waals surface area contributed by atoms with Crippen LogP contribution in [0, 0.1) is 6.92 Å². The molecule has 1 aliphatic heterocycles. The summed E-state index contributed by atoms with van der Waals surface area (Å²) in [6.45, 7) is 2.46. The largest absolute Gasteiger partial charge is 0.370 e. The second-order valence-corrected chi connectivity index (χ2v) is 6.45. The fourth-order valence-corrected chi connectivity index (χ4v) is 3.27. The number of pyridine rings is 1. The van der Waals surface area contributed by atoms with Crippen LogP contribution in [0.3, 0.4) is 0 Å². The third-order valence-electron chi connectivity index (χ3n) is 4.67. The van der Waals surface area contributed by atoms with E-state index >= 15 is 0 Å². The number of ether oxygens (including phenoxy) is 1. The predicted octanol–water partition coefficient (Wildman–Crippen LogP) is 0.996. The second kappa shape index (κ2) is 6.38. The lowest BCUT2D eigenvalue weighted by molar-refractivity contribution is 0.0791. The third-order valence-corrected chi connectivity index (χ3v) is 4.67. The van der Waals surface area contributed by atoms with Crippen LogP contribution in [0.4, 0.5) is 0 Å². The molecule has 8 nitrogen and oxygen atoms in total. The number of carbonyl (C=O) groups excluding carboxylic acids is 1. The van der Waals surface area contributed by atoms with Crippen molar-refractivity contribution in [2.45, 2.75) is 25.5 Å². The van der Waals surface area contributed by atoms with Gasteiger partial charge in [0.1, 0.15) is 17.3 Å². The summed E-state index contributed by atoms with van der Waals surface area (Å²) in [6, 6.07) is 5.24. The van der Waals surface area contributed by atoms with Gasteiger partial charge in [0, 0.05) is 32.2 Å². The zero-order chi connectivity index (χ0) is 18.3.